The summed E-state index contributed by atoms with van der Waals surface area (Å²) < 4.78 is 16.3. The standard InChI is InChI=1S/C25H24O11/c1-11(26)21(35-25-20(30)18(28)19(29)22(36-25)23(31)32)15(12-7-3-2-4-8-12)16-17(27)13-9-5-6-10-14(13)34-24(16)33/h2-10,15,18-22,25,27-30H,1H3,(H,31,32)/t15-,18+,19+,20-,21+,22+,25-/m1/s1. The SMILES string of the molecule is CC(=O)[C@H](O[C@@H]1O[C@H](C(=O)O)[C@@H](O)[C@H](O)[C@H]1O)[C@H](c1ccccc1)c1c(O)c2ccccc2oc1=O. The molecule has 190 valence electrons. The van der Waals surface area contributed by atoms with Crippen LogP contribution in [0.4, 0.5) is 0 Å². The minimum atomic E-state index is -1.97. The van der Waals surface area contributed by atoms with Crippen molar-refractivity contribution in [2.24, 2.45) is 0 Å². The number of rotatable bonds is 7. The number of ketones is 1. The molecule has 0 radical (unpaired) electrons. The van der Waals surface area contributed by atoms with E-state index >= 15 is 0 Å². The molecule has 0 amide bonds. The van der Waals surface area contributed by atoms with Crippen LogP contribution in [0.15, 0.2) is 63.8 Å². The Hall–Kier alpha value is -3.61. The van der Waals surface area contributed by atoms with Gasteiger partial charge in [0.1, 0.15) is 35.7 Å². The van der Waals surface area contributed by atoms with Gasteiger partial charge >= 0.3 is 11.6 Å². The number of aromatic hydroxyl groups is 1. The summed E-state index contributed by atoms with van der Waals surface area (Å²) in [6.45, 7) is 1.13. The number of aliphatic carboxylic acids is 1. The first-order valence-electron chi connectivity index (χ1n) is 11.0. The second kappa shape index (κ2) is 10.2. The summed E-state index contributed by atoms with van der Waals surface area (Å²) in [7, 11) is 0. The first-order valence-corrected chi connectivity index (χ1v) is 11.0. The van der Waals surface area contributed by atoms with Gasteiger partial charge in [0.15, 0.2) is 18.2 Å². The fourth-order valence-corrected chi connectivity index (χ4v) is 4.29. The maximum atomic E-state index is 13.1. The van der Waals surface area contributed by atoms with Gasteiger partial charge in [-0.05, 0) is 24.6 Å². The molecule has 2 heterocycles. The van der Waals surface area contributed by atoms with Gasteiger partial charge in [-0.3, -0.25) is 4.79 Å². The zero-order valence-corrected chi connectivity index (χ0v) is 18.9. The second-order valence-electron chi connectivity index (χ2n) is 8.44. The van der Waals surface area contributed by atoms with E-state index in [1.807, 2.05) is 0 Å². The fourth-order valence-electron chi connectivity index (χ4n) is 4.29. The Morgan fingerprint density at radius 1 is 0.944 bits per heavy atom. The van der Waals surface area contributed by atoms with Crippen LogP contribution in [0.5, 0.6) is 5.75 Å². The highest BCUT2D eigenvalue weighted by atomic mass is 16.7. The second-order valence-corrected chi connectivity index (χ2v) is 8.44. The van der Waals surface area contributed by atoms with Gasteiger partial charge in [0.05, 0.1) is 16.9 Å². The summed E-state index contributed by atoms with van der Waals surface area (Å²) in [5.41, 5.74) is -0.779. The zero-order valence-electron chi connectivity index (χ0n) is 18.9. The number of carbonyl (C=O) groups excluding carboxylic acids is 1. The molecule has 1 aliphatic rings. The van der Waals surface area contributed by atoms with E-state index < -0.39 is 65.9 Å². The molecule has 11 heteroatoms. The van der Waals surface area contributed by atoms with Crippen LogP contribution in [0.3, 0.4) is 0 Å². The van der Waals surface area contributed by atoms with Crippen molar-refractivity contribution in [2.75, 3.05) is 0 Å². The van der Waals surface area contributed by atoms with E-state index in [4.69, 9.17) is 13.9 Å². The number of fused-ring (bicyclic) bond motifs is 1. The van der Waals surface area contributed by atoms with Crippen molar-refractivity contribution >= 4 is 22.7 Å². The molecule has 2 aromatic carbocycles. The molecule has 0 aliphatic carbocycles. The van der Waals surface area contributed by atoms with Crippen molar-refractivity contribution in [3.8, 4) is 5.75 Å². The van der Waals surface area contributed by atoms with Crippen LogP contribution in [0.1, 0.15) is 24.0 Å². The number of carboxylic acids is 1. The first-order chi connectivity index (χ1) is 17.1. The molecule has 0 saturated carbocycles. The largest absolute Gasteiger partial charge is 0.507 e. The molecule has 1 aromatic heterocycles. The highest BCUT2D eigenvalue weighted by Crippen LogP contribution is 2.38. The predicted octanol–water partition coefficient (Wildman–Crippen LogP) is 0.497. The van der Waals surface area contributed by atoms with Gasteiger partial charge in [-0.15, -0.1) is 0 Å². The third-order valence-corrected chi connectivity index (χ3v) is 6.09. The Kier molecular flexibility index (Phi) is 7.20. The van der Waals surface area contributed by atoms with Gasteiger partial charge in [0.25, 0.3) is 0 Å². The minimum Gasteiger partial charge on any atom is -0.507 e. The van der Waals surface area contributed by atoms with E-state index in [1.54, 1.807) is 42.5 Å². The Morgan fingerprint density at radius 3 is 2.22 bits per heavy atom. The fraction of sp³-hybridized carbons (Fsp3) is 0.320. The van der Waals surface area contributed by atoms with Crippen molar-refractivity contribution in [3.63, 3.8) is 0 Å². The van der Waals surface area contributed by atoms with E-state index in [9.17, 15) is 39.9 Å². The van der Waals surface area contributed by atoms with Crippen molar-refractivity contribution in [1.29, 1.82) is 0 Å². The van der Waals surface area contributed by atoms with Crippen LogP contribution >= 0.6 is 0 Å². The molecule has 1 saturated heterocycles. The third-order valence-electron chi connectivity index (χ3n) is 6.09. The molecule has 1 aliphatic heterocycles. The summed E-state index contributed by atoms with van der Waals surface area (Å²) in [5, 5.41) is 51.1. The van der Waals surface area contributed by atoms with E-state index in [0.717, 1.165) is 6.92 Å². The Labute approximate surface area is 203 Å². The molecule has 0 bridgehead atoms. The number of ether oxygens (including phenoxy) is 2. The summed E-state index contributed by atoms with van der Waals surface area (Å²) in [5.74, 6) is -4.03. The summed E-state index contributed by atoms with van der Waals surface area (Å²) in [6, 6.07) is 14.3. The molecule has 0 spiro atoms. The van der Waals surface area contributed by atoms with E-state index in [1.165, 1.54) is 12.1 Å². The molecule has 5 N–H and O–H groups in total. The van der Waals surface area contributed by atoms with Gasteiger partial charge in [-0.1, -0.05) is 42.5 Å². The van der Waals surface area contributed by atoms with Crippen LogP contribution in [-0.4, -0.2) is 74.1 Å². The van der Waals surface area contributed by atoms with E-state index in [-0.39, 0.29) is 16.5 Å². The lowest BCUT2D eigenvalue weighted by Gasteiger charge is -2.40. The maximum absolute atomic E-state index is 13.1. The van der Waals surface area contributed by atoms with Gasteiger partial charge < -0.3 is 39.4 Å². The molecule has 3 aromatic rings. The first kappa shape index (κ1) is 25.5. The van der Waals surface area contributed by atoms with Crippen LogP contribution in [0.2, 0.25) is 0 Å². The lowest BCUT2D eigenvalue weighted by Crippen LogP contribution is -2.61. The number of carbonyl (C=O) groups is 2. The number of benzene rings is 2. The average Bonchev–Trinajstić information content (AvgIpc) is 2.85. The van der Waals surface area contributed by atoms with Gasteiger partial charge in [-0.2, -0.15) is 0 Å². The molecule has 1 fully saturated rings. The number of hydrogen-bond acceptors (Lipinski definition) is 10. The lowest BCUT2D eigenvalue weighted by atomic mass is 9.84. The highest BCUT2D eigenvalue weighted by molar-refractivity contribution is 5.86. The smallest absolute Gasteiger partial charge is 0.343 e. The Bertz CT molecular complexity index is 1320. The predicted molar refractivity (Wildman–Crippen MR) is 122 cm³/mol. The zero-order chi connectivity index (χ0) is 26.1. The Morgan fingerprint density at radius 2 is 1.58 bits per heavy atom. The van der Waals surface area contributed by atoms with Crippen LogP contribution in [0.25, 0.3) is 11.0 Å². The van der Waals surface area contributed by atoms with Crippen molar-refractivity contribution < 1.29 is 49.0 Å². The monoisotopic (exact) mass is 500 g/mol. The molecule has 11 nitrogen and oxygen atoms in total. The number of aliphatic hydroxyl groups is 3. The number of hydrogen-bond donors (Lipinski definition) is 5. The average molecular weight is 500 g/mol. The van der Waals surface area contributed by atoms with Crippen LogP contribution in [0, 0.1) is 0 Å². The van der Waals surface area contributed by atoms with Crippen LogP contribution < -0.4 is 5.63 Å². The van der Waals surface area contributed by atoms with Crippen molar-refractivity contribution in [2.45, 2.75) is 49.7 Å². The van der Waals surface area contributed by atoms with Crippen molar-refractivity contribution in [3.05, 3.63) is 76.1 Å². The normalized spacial score (nSPS) is 25.8. The summed E-state index contributed by atoms with van der Waals surface area (Å²) in [6.07, 6.45) is -11.3. The molecular formula is C25H24O11. The molecular weight excluding hydrogens is 476 g/mol. The van der Waals surface area contributed by atoms with Crippen LogP contribution in [-0.2, 0) is 19.1 Å². The van der Waals surface area contributed by atoms with Gasteiger partial charge in [0.2, 0.25) is 0 Å². The van der Waals surface area contributed by atoms with E-state index in [0.29, 0.717) is 5.56 Å². The Balaban J connectivity index is 1.84. The van der Waals surface area contributed by atoms with Crippen molar-refractivity contribution in [1.82, 2.24) is 0 Å². The molecule has 4 rings (SSSR count). The van der Waals surface area contributed by atoms with Gasteiger partial charge in [-0.25, -0.2) is 9.59 Å². The number of carboxylic acid groups (broad SMARTS) is 1. The minimum absolute atomic E-state index is 0.114. The molecule has 7 atom stereocenters. The quantitative estimate of drug-likeness (QED) is 0.285. The number of para-hydroxylation sites is 1. The number of Topliss-reactive ketones (excluding diaryl/α,β-unsaturated/α-hetero) is 1. The van der Waals surface area contributed by atoms with Gasteiger partial charge in [0, 0.05) is 0 Å². The van der Waals surface area contributed by atoms with E-state index in [2.05, 4.69) is 0 Å². The third kappa shape index (κ3) is 4.62. The summed E-state index contributed by atoms with van der Waals surface area (Å²) in [4.78, 5) is 37.4. The summed E-state index contributed by atoms with van der Waals surface area (Å²) >= 11 is 0. The molecule has 36 heavy (non-hydrogen) atoms. The number of aliphatic hydroxyl groups excluding tert-OH is 3. The highest BCUT2D eigenvalue weighted by Gasteiger charge is 2.49. The maximum Gasteiger partial charge on any atom is 0.343 e. The molecule has 0 unspecified atom stereocenters. The lowest BCUT2D eigenvalue weighted by molar-refractivity contribution is -0.302. The topological polar surface area (TPSA) is 184 Å².